The predicted octanol–water partition coefficient (Wildman–Crippen LogP) is 2.83. The van der Waals surface area contributed by atoms with Crippen LogP contribution in [0, 0.1) is 23.2 Å². The van der Waals surface area contributed by atoms with Crippen LogP contribution in [0.25, 0.3) is 0 Å². The van der Waals surface area contributed by atoms with Gasteiger partial charge in [0.05, 0.1) is 12.2 Å². The molecular weight excluding hydrogens is 276 g/mol. The number of phenolic OH excluding ortho intramolecular Hbond substituents is 1. The summed E-state index contributed by atoms with van der Waals surface area (Å²) >= 11 is 0. The first kappa shape index (κ1) is 14.5. The summed E-state index contributed by atoms with van der Waals surface area (Å²) in [5.74, 6) is 1.43. The second-order valence-electron chi connectivity index (χ2n) is 8.06. The molecule has 0 aromatic heterocycles. The Morgan fingerprint density at radius 2 is 1.95 bits per heavy atom. The summed E-state index contributed by atoms with van der Waals surface area (Å²) in [6.45, 7) is 4.17. The molecule has 4 rings (SSSR count). The Hall–Kier alpha value is -1.06. The zero-order valence-corrected chi connectivity index (χ0v) is 13.4. The van der Waals surface area contributed by atoms with Gasteiger partial charge in [0.1, 0.15) is 5.75 Å². The van der Waals surface area contributed by atoms with Crippen LogP contribution in [0.5, 0.6) is 5.75 Å². The summed E-state index contributed by atoms with van der Waals surface area (Å²) < 4.78 is 0. The fraction of sp³-hybridized carbons (Fsp3) is 0.684. The summed E-state index contributed by atoms with van der Waals surface area (Å²) in [5, 5.41) is 31.1. The van der Waals surface area contributed by atoms with Crippen molar-refractivity contribution in [1.29, 1.82) is 0 Å². The second-order valence-corrected chi connectivity index (χ2v) is 8.06. The predicted molar refractivity (Wildman–Crippen MR) is 84.7 cm³/mol. The number of phenols is 1. The Morgan fingerprint density at radius 3 is 2.73 bits per heavy atom. The quantitative estimate of drug-likeness (QED) is 0.690. The maximum atomic E-state index is 10.8. The smallest absolute Gasteiger partial charge is 0.115 e. The zero-order valence-electron chi connectivity index (χ0n) is 13.4. The van der Waals surface area contributed by atoms with Gasteiger partial charge in [0.2, 0.25) is 0 Å². The molecule has 120 valence electrons. The third kappa shape index (κ3) is 1.75. The highest BCUT2D eigenvalue weighted by molar-refractivity contribution is 5.40. The second kappa shape index (κ2) is 4.72. The highest BCUT2D eigenvalue weighted by atomic mass is 16.3. The van der Waals surface area contributed by atoms with Crippen LogP contribution >= 0.6 is 0 Å². The van der Waals surface area contributed by atoms with Gasteiger partial charge in [0.15, 0.2) is 0 Å². The minimum atomic E-state index is -0.397. The number of aryl methyl sites for hydroxylation is 1. The summed E-state index contributed by atoms with van der Waals surface area (Å²) in [5.41, 5.74) is 2.48. The summed E-state index contributed by atoms with van der Waals surface area (Å²) in [7, 11) is 0. The van der Waals surface area contributed by atoms with Gasteiger partial charge in [-0.05, 0) is 72.1 Å². The maximum absolute atomic E-state index is 10.8. The molecule has 3 N–H and O–H groups in total. The number of fused-ring (bicyclic) bond motifs is 5. The van der Waals surface area contributed by atoms with E-state index in [4.69, 9.17) is 0 Å². The largest absolute Gasteiger partial charge is 0.508 e. The minimum absolute atomic E-state index is 0.0324. The molecule has 22 heavy (non-hydrogen) atoms. The van der Waals surface area contributed by atoms with Crippen LogP contribution in [-0.2, 0) is 6.42 Å². The molecule has 3 nitrogen and oxygen atoms in total. The fourth-order valence-corrected chi connectivity index (χ4v) is 5.95. The maximum Gasteiger partial charge on any atom is 0.115 e. The van der Waals surface area contributed by atoms with Gasteiger partial charge in [-0.1, -0.05) is 19.9 Å². The summed E-state index contributed by atoms with van der Waals surface area (Å²) in [6.07, 6.45) is 3.28. The fourth-order valence-electron chi connectivity index (χ4n) is 5.95. The lowest BCUT2D eigenvalue weighted by Gasteiger charge is -2.50. The lowest BCUT2D eigenvalue weighted by molar-refractivity contribution is -0.0445. The number of aliphatic hydroxyl groups is 2. The highest BCUT2D eigenvalue weighted by Gasteiger charge is 2.61. The molecule has 3 heteroatoms. The van der Waals surface area contributed by atoms with Crippen LogP contribution < -0.4 is 0 Å². The molecular formula is C19H26O3. The number of hydrogen-bond donors (Lipinski definition) is 3. The Labute approximate surface area is 132 Å². The van der Waals surface area contributed by atoms with Gasteiger partial charge < -0.3 is 15.3 Å². The zero-order chi connectivity index (χ0) is 15.6. The van der Waals surface area contributed by atoms with Gasteiger partial charge in [0.25, 0.3) is 0 Å². The Bertz CT molecular complexity index is 598. The number of benzene rings is 1. The van der Waals surface area contributed by atoms with E-state index in [0.717, 1.165) is 25.7 Å². The number of rotatable bonds is 0. The van der Waals surface area contributed by atoms with Crippen LogP contribution in [-0.4, -0.2) is 27.5 Å². The van der Waals surface area contributed by atoms with Crippen molar-refractivity contribution in [3.8, 4) is 5.75 Å². The topological polar surface area (TPSA) is 60.7 Å². The van der Waals surface area contributed by atoms with Crippen molar-refractivity contribution >= 4 is 0 Å². The Kier molecular flexibility index (Phi) is 3.11. The van der Waals surface area contributed by atoms with Gasteiger partial charge in [0, 0.05) is 5.92 Å². The van der Waals surface area contributed by atoms with Gasteiger partial charge in [-0.25, -0.2) is 0 Å². The minimum Gasteiger partial charge on any atom is -0.508 e. The van der Waals surface area contributed by atoms with Gasteiger partial charge >= 0.3 is 0 Å². The molecule has 0 amide bonds. The van der Waals surface area contributed by atoms with E-state index >= 15 is 0 Å². The standard InChI is InChI=1S/C19H26O3/c1-10-17(21)16-15-5-3-11-9-12(20)4-6-13(11)14(15)7-8-19(16,2)18(10)22/h4,6,9-10,14-18,20-22H,3,5,7-8H2,1-2H3/t10-,14-,15-,16-,17+,18+,19+/m1/s1. The van der Waals surface area contributed by atoms with E-state index in [9.17, 15) is 15.3 Å². The van der Waals surface area contributed by atoms with E-state index in [1.165, 1.54) is 11.1 Å². The third-order valence-corrected chi connectivity index (χ3v) is 7.09. The monoisotopic (exact) mass is 302 g/mol. The molecule has 7 atom stereocenters. The van der Waals surface area contributed by atoms with E-state index in [1.807, 2.05) is 13.0 Å². The SMILES string of the molecule is C[C@@H]1[C@H](O)[C@H]2[C@@H]3CCc4cc(O)ccc4[C@H]3CC[C@]2(C)[C@H]1O. The van der Waals surface area contributed by atoms with Gasteiger partial charge in [-0.15, -0.1) is 0 Å². The molecule has 3 aliphatic carbocycles. The van der Waals surface area contributed by atoms with Crippen LogP contribution in [0.1, 0.15) is 50.2 Å². The molecule has 1 aromatic carbocycles. The van der Waals surface area contributed by atoms with Crippen LogP contribution in [0.4, 0.5) is 0 Å². The molecule has 0 saturated heterocycles. The molecule has 0 spiro atoms. The van der Waals surface area contributed by atoms with Crippen molar-refractivity contribution in [3.63, 3.8) is 0 Å². The lowest BCUT2D eigenvalue weighted by atomic mass is 9.55. The van der Waals surface area contributed by atoms with Crippen molar-refractivity contribution in [2.24, 2.45) is 23.2 Å². The van der Waals surface area contributed by atoms with E-state index in [2.05, 4.69) is 13.0 Å². The van der Waals surface area contributed by atoms with Crippen LogP contribution in [0.3, 0.4) is 0 Å². The summed E-state index contributed by atoms with van der Waals surface area (Å²) in [4.78, 5) is 0. The molecule has 1 aromatic rings. The summed E-state index contributed by atoms with van der Waals surface area (Å²) in [6, 6.07) is 5.77. The Morgan fingerprint density at radius 1 is 1.18 bits per heavy atom. The first-order valence-electron chi connectivity index (χ1n) is 8.61. The molecule has 0 unspecified atom stereocenters. The van der Waals surface area contributed by atoms with E-state index in [1.54, 1.807) is 6.07 Å². The molecule has 3 aliphatic rings. The lowest BCUT2D eigenvalue weighted by Crippen LogP contribution is -2.46. The number of aliphatic hydroxyl groups excluding tert-OH is 2. The van der Waals surface area contributed by atoms with E-state index < -0.39 is 12.2 Å². The number of aromatic hydroxyl groups is 1. The van der Waals surface area contributed by atoms with Crippen molar-refractivity contribution in [2.45, 2.75) is 57.7 Å². The first-order valence-corrected chi connectivity index (χ1v) is 8.61. The van der Waals surface area contributed by atoms with Crippen LogP contribution in [0.2, 0.25) is 0 Å². The first-order chi connectivity index (χ1) is 10.4. The van der Waals surface area contributed by atoms with Crippen LogP contribution in [0.15, 0.2) is 18.2 Å². The van der Waals surface area contributed by atoms with Crippen molar-refractivity contribution in [2.75, 3.05) is 0 Å². The number of hydrogen-bond acceptors (Lipinski definition) is 3. The Balaban J connectivity index is 1.74. The average molecular weight is 302 g/mol. The van der Waals surface area contributed by atoms with E-state index in [-0.39, 0.29) is 17.3 Å². The highest BCUT2D eigenvalue weighted by Crippen LogP contribution is 2.62. The third-order valence-electron chi connectivity index (χ3n) is 7.09. The molecule has 0 heterocycles. The average Bonchev–Trinajstić information content (AvgIpc) is 2.68. The van der Waals surface area contributed by atoms with E-state index in [0.29, 0.717) is 17.6 Å². The molecule has 0 bridgehead atoms. The molecule has 2 fully saturated rings. The molecule has 0 radical (unpaired) electrons. The van der Waals surface area contributed by atoms with Crippen molar-refractivity contribution in [1.82, 2.24) is 0 Å². The molecule has 2 saturated carbocycles. The molecule has 0 aliphatic heterocycles. The van der Waals surface area contributed by atoms with Gasteiger partial charge in [-0.3, -0.25) is 0 Å². The van der Waals surface area contributed by atoms with Gasteiger partial charge in [-0.2, -0.15) is 0 Å². The van der Waals surface area contributed by atoms with Crippen molar-refractivity contribution < 1.29 is 15.3 Å². The van der Waals surface area contributed by atoms with Crippen molar-refractivity contribution in [3.05, 3.63) is 29.3 Å². The normalized spacial score (nSPS) is 46.7.